The molecule has 398 valence electrons. The van der Waals surface area contributed by atoms with Crippen molar-refractivity contribution >= 4 is 28.0 Å². The second-order valence-corrected chi connectivity index (χ2v) is 23.6. The van der Waals surface area contributed by atoms with Crippen molar-refractivity contribution in [2.75, 3.05) is 0 Å². The van der Waals surface area contributed by atoms with E-state index in [0.717, 1.165) is 0 Å². The van der Waals surface area contributed by atoms with Gasteiger partial charge in [0.25, 0.3) is 0 Å². The number of benzene rings is 4. The first-order chi connectivity index (χ1) is 34.4. The van der Waals surface area contributed by atoms with Gasteiger partial charge in [-0.15, -0.1) is 0 Å². The van der Waals surface area contributed by atoms with E-state index in [1.807, 2.05) is 0 Å². The van der Waals surface area contributed by atoms with Gasteiger partial charge in [-0.2, -0.15) is 21.9 Å². The predicted octanol–water partition coefficient (Wildman–Crippen LogP) is 18.4. The molecule has 0 radical (unpaired) electrons. The van der Waals surface area contributed by atoms with Gasteiger partial charge in [0.05, 0.1) is 6.04 Å². The predicted molar refractivity (Wildman–Crippen MR) is 323 cm³/mol. The van der Waals surface area contributed by atoms with Crippen molar-refractivity contribution in [3.05, 3.63) is 117 Å². The highest BCUT2D eigenvalue weighted by Crippen LogP contribution is 2.20. The van der Waals surface area contributed by atoms with Crippen LogP contribution in [0, 0.1) is 55.4 Å². The van der Waals surface area contributed by atoms with Crippen LogP contribution >= 0.6 is 0 Å². The molecule has 0 aromatic heterocycles. The van der Waals surface area contributed by atoms with Crippen LogP contribution in [0.25, 0.3) is 0 Å². The minimum atomic E-state index is -1.37. The molecule has 0 aliphatic carbocycles. The summed E-state index contributed by atoms with van der Waals surface area (Å²) in [5.74, 6) is 0. The summed E-state index contributed by atoms with van der Waals surface area (Å²) in [4.78, 5) is 0. The Morgan fingerprint density at radius 1 is 0.254 bits per heavy atom. The zero-order valence-electron chi connectivity index (χ0n) is 48.8. The minimum absolute atomic E-state index is 0.716. The summed E-state index contributed by atoms with van der Waals surface area (Å²) in [7, 11) is 0. The van der Waals surface area contributed by atoms with E-state index in [9.17, 15) is 0 Å². The van der Waals surface area contributed by atoms with Crippen LogP contribution in [0.1, 0.15) is 277 Å². The van der Waals surface area contributed by atoms with Crippen molar-refractivity contribution in [1.29, 1.82) is 0 Å². The molecule has 1 nitrogen and oxygen atoms in total. The lowest BCUT2D eigenvalue weighted by molar-refractivity contribution is -0.423. The van der Waals surface area contributed by atoms with Gasteiger partial charge in [0.2, 0.25) is 0 Å². The molecule has 0 spiro atoms. The fourth-order valence-electron chi connectivity index (χ4n) is 12.3. The third-order valence-electron chi connectivity index (χ3n) is 15.9. The van der Waals surface area contributed by atoms with Crippen molar-refractivity contribution in [3.8, 4) is 0 Å². The van der Waals surface area contributed by atoms with E-state index < -0.39 is 6.15 Å². The summed E-state index contributed by atoms with van der Waals surface area (Å²) in [6.45, 7) is 22.4. The van der Waals surface area contributed by atoms with Crippen LogP contribution in [0.4, 0.5) is 0 Å². The molecule has 0 unspecified atom stereocenters. The molecule has 3 N–H and O–H groups in total. The first-order valence-electron chi connectivity index (χ1n) is 30.7. The molecule has 0 aliphatic rings. The molecule has 2 heteroatoms. The average molecular weight is 968 g/mol. The standard InChI is InChI=1S/C37H77N.C32H36B/c1-3-5-7-9-11-13-15-17-19-21-23-25-27-29-31-33-35-37(38)36-34-32-30-28-26-24-22-20-18-16-14-12-10-8-6-4-2;1-21-9-22(2)14-29(13-21)33(30-15-23(3)10-24(4)16-30,31-17-25(5)11-26(6)18-31)32-19-27(7)12-28(8)20-32/h37H,3-36,38H2,1-2H3;9-20H,1-8H3/q;-1/p+1. The van der Waals surface area contributed by atoms with Crippen molar-refractivity contribution in [2.45, 2.75) is 294 Å². The molecule has 4 aromatic carbocycles. The third-order valence-corrected chi connectivity index (χ3v) is 15.9. The van der Waals surface area contributed by atoms with Crippen LogP contribution in [0.15, 0.2) is 72.8 Å². The van der Waals surface area contributed by atoms with E-state index in [0.29, 0.717) is 6.04 Å². The normalized spacial score (nSPS) is 11.7. The highest BCUT2D eigenvalue weighted by atomic mass is 14.6. The van der Waals surface area contributed by atoms with E-state index in [1.54, 1.807) is 0 Å². The third kappa shape index (κ3) is 25.6. The number of aryl methyl sites for hydroxylation is 8. The fourth-order valence-corrected chi connectivity index (χ4v) is 12.3. The molecule has 4 aromatic rings. The molecule has 0 fully saturated rings. The lowest BCUT2D eigenvalue weighted by atomic mass is 9.12. The number of unbranched alkanes of at least 4 members (excludes halogenated alkanes) is 30. The van der Waals surface area contributed by atoms with Crippen LogP contribution in [-0.2, 0) is 0 Å². The van der Waals surface area contributed by atoms with Crippen molar-refractivity contribution < 1.29 is 5.73 Å². The summed E-state index contributed by atoms with van der Waals surface area (Å²) in [5, 5.41) is 0. The molecule has 0 saturated carbocycles. The van der Waals surface area contributed by atoms with Gasteiger partial charge in [-0.1, -0.05) is 324 Å². The maximum atomic E-state index is 4.45. The first kappa shape index (κ1) is 62.2. The fraction of sp³-hybridized carbons (Fsp3) is 0.652. The zero-order valence-corrected chi connectivity index (χ0v) is 48.8. The summed E-state index contributed by atoms with van der Waals surface area (Å²) in [6, 6.07) is 29.2. The molecular formula is C69H114BN. The Morgan fingerprint density at radius 2 is 0.408 bits per heavy atom. The van der Waals surface area contributed by atoms with E-state index >= 15 is 0 Å². The van der Waals surface area contributed by atoms with Gasteiger partial charge in [-0.25, -0.2) is 0 Å². The van der Waals surface area contributed by atoms with Crippen LogP contribution in [0.5, 0.6) is 0 Å². The first-order valence-corrected chi connectivity index (χ1v) is 30.7. The van der Waals surface area contributed by atoms with Gasteiger partial charge in [0.15, 0.2) is 0 Å². The Kier molecular flexibility index (Phi) is 32.9. The van der Waals surface area contributed by atoms with E-state index in [4.69, 9.17) is 0 Å². The van der Waals surface area contributed by atoms with Crippen LogP contribution in [-0.4, -0.2) is 12.2 Å². The van der Waals surface area contributed by atoms with Gasteiger partial charge >= 0.3 is 0 Å². The van der Waals surface area contributed by atoms with Gasteiger partial charge in [-0.3, -0.25) is 0 Å². The number of quaternary nitrogens is 1. The van der Waals surface area contributed by atoms with Crippen molar-refractivity contribution in [2.24, 2.45) is 0 Å². The maximum Gasteiger partial charge on any atom is 0.108 e. The van der Waals surface area contributed by atoms with Gasteiger partial charge in [0.1, 0.15) is 6.15 Å². The average Bonchev–Trinajstić information content (AvgIpc) is 3.30. The van der Waals surface area contributed by atoms with Crippen molar-refractivity contribution in [1.82, 2.24) is 0 Å². The molecule has 0 heterocycles. The second-order valence-electron chi connectivity index (χ2n) is 23.6. The lowest BCUT2D eigenvalue weighted by Gasteiger charge is -2.46. The molecule has 0 amide bonds. The molecule has 0 aliphatic heterocycles. The number of rotatable bonds is 38. The zero-order chi connectivity index (χ0) is 51.5. The minimum Gasteiger partial charge on any atom is -0.355 e. The Balaban J connectivity index is 0.000000378. The molecular weight excluding hydrogens is 854 g/mol. The maximum absolute atomic E-state index is 4.45. The lowest BCUT2D eigenvalue weighted by Crippen LogP contribution is -2.75. The van der Waals surface area contributed by atoms with Crippen LogP contribution < -0.4 is 27.6 Å². The monoisotopic (exact) mass is 968 g/mol. The van der Waals surface area contributed by atoms with Gasteiger partial charge < -0.3 is 5.73 Å². The topological polar surface area (TPSA) is 27.6 Å². The smallest absolute Gasteiger partial charge is 0.108 e. The number of hydrogen-bond acceptors (Lipinski definition) is 0. The Labute approximate surface area is 442 Å². The largest absolute Gasteiger partial charge is 0.355 e. The summed E-state index contributed by atoms with van der Waals surface area (Å²) in [6.07, 6.45) is 48.2. The summed E-state index contributed by atoms with van der Waals surface area (Å²) >= 11 is 0. The second kappa shape index (κ2) is 37.6. The Bertz CT molecular complexity index is 1640. The van der Waals surface area contributed by atoms with E-state index in [2.05, 4.69) is 148 Å². The highest BCUT2D eigenvalue weighted by Gasteiger charge is 2.33. The van der Waals surface area contributed by atoms with Crippen LogP contribution in [0.2, 0.25) is 0 Å². The molecule has 0 atom stereocenters. The molecule has 4 rings (SSSR count). The van der Waals surface area contributed by atoms with Gasteiger partial charge in [-0.05, 0) is 81.1 Å². The van der Waals surface area contributed by atoms with Crippen molar-refractivity contribution in [3.63, 3.8) is 0 Å². The summed E-state index contributed by atoms with van der Waals surface area (Å²) < 4.78 is 0. The van der Waals surface area contributed by atoms with E-state index in [-0.39, 0.29) is 0 Å². The molecule has 71 heavy (non-hydrogen) atoms. The SMILES string of the molecule is CCCCCCCCCCCCCCCCCCC([NH3+])CCCCCCCCCCCCCCCCCC.Cc1cc(C)cc([B-](c2cc(C)cc(C)c2)(c2cc(C)cc(C)c2)c2cc(C)cc(C)c2)c1. The molecule has 0 bridgehead atoms. The quantitative estimate of drug-likeness (QED) is 0.0342. The highest BCUT2D eigenvalue weighted by molar-refractivity contribution is 7.20. The van der Waals surface area contributed by atoms with Gasteiger partial charge in [0, 0.05) is 0 Å². The van der Waals surface area contributed by atoms with Crippen LogP contribution in [0.3, 0.4) is 0 Å². The van der Waals surface area contributed by atoms with E-state index in [1.165, 1.54) is 285 Å². The Hall–Kier alpha value is -3.10. The Morgan fingerprint density at radius 3 is 0.577 bits per heavy atom. The molecule has 0 saturated heterocycles. The summed E-state index contributed by atoms with van der Waals surface area (Å²) in [5.41, 5.74) is 20.5. The number of hydrogen-bond donors (Lipinski definition) is 1.